The molecular formula is C32H64. The Morgan fingerprint density at radius 2 is 0.469 bits per heavy atom. The molecule has 0 saturated heterocycles. The molecule has 0 spiro atoms. The Bertz CT molecular complexity index is 329. The highest BCUT2D eigenvalue weighted by Gasteiger charge is 1.96. The van der Waals surface area contributed by atoms with Crippen LogP contribution in [0.2, 0.25) is 0 Å². The monoisotopic (exact) mass is 449 g/mol. The van der Waals surface area contributed by atoms with E-state index in [1.807, 2.05) is 0 Å². The fourth-order valence-electron chi connectivity index (χ4n) is 4.78. The second kappa shape index (κ2) is 30.7. The zero-order valence-electron chi connectivity index (χ0n) is 23.0. The van der Waals surface area contributed by atoms with Crippen LogP contribution in [0.5, 0.6) is 0 Å². The highest BCUT2D eigenvalue weighted by molar-refractivity contribution is 4.81. The van der Waals surface area contributed by atoms with Crippen molar-refractivity contribution in [1.29, 1.82) is 0 Å². The molecule has 0 heteroatoms. The lowest BCUT2D eigenvalue weighted by Crippen LogP contribution is -1.84. The smallest absolute Gasteiger partial charge is 0.0351 e. The number of rotatable bonds is 28. The molecule has 0 nitrogen and oxygen atoms in total. The van der Waals surface area contributed by atoms with Crippen molar-refractivity contribution < 1.29 is 0 Å². The Morgan fingerprint density at radius 1 is 0.250 bits per heavy atom. The van der Waals surface area contributed by atoms with Crippen LogP contribution >= 0.6 is 0 Å². The van der Waals surface area contributed by atoms with Crippen LogP contribution in [0.3, 0.4) is 0 Å². The van der Waals surface area contributed by atoms with Crippen molar-refractivity contribution in [2.24, 2.45) is 0 Å². The van der Waals surface area contributed by atoms with Crippen molar-refractivity contribution >= 4 is 0 Å². The van der Waals surface area contributed by atoms with E-state index in [4.69, 9.17) is 0 Å². The van der Waals surface area contributed by atoms with Gasteiger partial charge in [-0.2, -0.15) is 0 Å². The van der Waals surface area contributed by atoms with Gasteiger partial charge in [0.25, 0.3) is 0 Å². The standard InChI is InChI=1S/C32H64/c1-3-5-7-9-11-13-15-17-19-21-23-25-27-29-31-32-30-28-26-24-22-20-18-16-14-12-10-8-6-4-2/h9,11H,3-8,10,12-32H2,1-2H3. The summed E-state index contributed by atoms with van der Waals surface area (Å²) in [6, 6.07) is 0. The molecule has 0 aliphatic carbocycles. The van der Waals surface area contributed by atoms with E-state index in [1.54, 1.807) is 0 Å². The summed E-state index contributed by atoms with van der Waals surface area (Å²) in [5, 5.41) is 0. The lowest BCUT2D eigenvalue weighted by Gasteiger charge is -2.04. The summed E-state index contributed by atoms with van der Waals surface area (Å²) in [7, 11) is 0. The average Bonchev–Trinajstić information content (AvgIpc) is 2.81. The minimum absolute atomic E-state index is 1.29. The first-order chi connectivity index (χ1) is 15.9. The maximum Gasteiger partial charge on any atom is -0.0351 e. The number of hydrogen-bond donors (Lipinski definition) is 0. The first-order valence-electron chi connectivity index (χ1n) is 15.6. The third-order valence-electron chi connectivity index (χ3n) is 7.12. The van der Waals surface area contributed by atoms with Gasteiger partial charge in [-0.15, -0.1) is 0 Å². The van der Waals surface area contributed by atoms with Crippen molar-refractivity contribution in [3.8, 4) is 0 Å². The van der Waals surface area contributed by atoms with Crippen molar-refractivity contribution in [2.45, 2.75) is 194 Å². The van der Waals surface area contributed by atoms with Gasteiger partial charge >= 0.3 is 0 Å². The molecule has 0 radical (unpaired) electrons. The second-order valence-electron chi connectivity index (χ2n) is 10.5. The van der Waals surface area contributed by atoms with E-state index in [9.17, 15) is 0 Å². The molecule has 192 valence electrons. The van der Waals surface area contributed by atoms with Crippen LogP contribution in [0.25, 0.3) is 0 Å². The molecule has 0 atom stereocenters. The van der Waals surface area contributed by atoms with Gasteiger partial charge in [-0.05, 0) is 19.3 Å². The lowest BCUT2D eigenvalue weighted by atomic mass is 10.0. The fourth-order valence-corrected chi connectivity index (χ4v) is 4.78. The molecule has 0 aromatic carbocycles. The molecule has 0 fully saturated rings. The molecule has 0 unspecified atom stereocenters. The third-order valence-corrected chi connectivity index (χ3v) is 7.12. The largest absolute Gasteiger partial charge is 0.0885 e. The Hall–Kier alpha value is -0.260. The molecule has 0 aromatic rings. The lowest BCUT2D eigenvalue weighted by molar-refractivity contribution is 0.517. The summed E-state index contributed by atoms with van der Waals surface area (Å²) in [5.74, 6) is 0. The van der Waals surface area contributed by atoms with Gasteiger partial charge in [-0.25, -0.2) is 0 Å². The number of allylic oxidation sites excluding steroid dienone is 2. The summed E-state index contributed by atoms with van der Waals surface area (Å²) in [5.41, 5.74) is 0. The molecule has 0 heterocycles. The second-order valence-corrected chi connectivity index (χ2v) is 10.5. The fraction of sp³-hybridized carbons (Fsp3) is 0.938. The van der Waals surface area contributed by atoms with Crippen molar-refractivity contribution in [3.63, 3.8) is 0 Å². The van der Waals surface area contributed by atoms with E-state index in [0.29, 0.717) is 0 Å². The normalized spacial score (nSPS) is 11.7. The van der Waals surface area contributed by atoms with E-state index in [1.165, 1.54) is 180 Å². The average molecular weight is 449 g/mol. The van der Waals surface area contributed by atoms with Gasteiger partial charge in [-0.1, -0.05) is 187 Å². The predicted octanol–water partition coefficient (Wildman–Crippen LogP) is 12.5. The molecule has 0 aliphatic heterocycles. The van der Waals surface area contributed by atoms with Gasteiger partial charge in [-0.3, -0.25) is 0 Å². The van der Waals surface area contributed by atoms with E-state index < -0.39 is 0 Å². The molecular weight excluding hydrogens is 384 g/mol. The highest BCUT2D eigenvalue weighted by atomic mass is 14.0. The van der Waals surface area contributed by atoms with Gasteiger partial charge in [0, 0.05) is 0 Å². The molecule has 0 bridgehead atoms. The van der Waals surface area contributed by atoms with E-state index in [-0.39, 0.29) is 0 Å². The minimum atomic E-state index is 1.29. The zero-order chi connectivity index (χ0) is 23.2. The van der Waals surface area contributed by atoms with Crippen molar-refractivity contribution in [3.05, 3.63) is 12.2 Å². The molecule has 32 heavy (non-hydrogen) atoms. The third kappa shape index (κ3) is 29.7. The highest BCUT2D eigenvalue weighted by Crippen LogP contribution is 2.15. The van der Waals surface area contributed by atoms with E-state index in [2.05, 4.69) is 26.0 Å². The van der Waals surface area contributed by atoms with Crippen LogP contribution in [0.4, 0.5) is 0 Å². The van der Waals surface area contributed by atoms with Gasteiger partial charge in [0.15, 0.2) is 0 Å². The van der Waals surface area contributed by atoms with E-state index in [0.717, 1.165) is 0 Å². The summed E-state index contributed by atoms with van der Waals surface area (Å²) in [6.45, 7) is 4.58. The summed E-state index contributed by atoms with van der Waals surface area (Å²) >= 11 is 0. The van der Waals surface area contributed by atoms with Crippen molar-refractivity contribution in [1.82, 2.24) is 0 Å². The van der Waals surface area contributed by atoms with Gasteiger partial charge < -0.3 is 0 Å². The van der Waals surface area contributed by atoms with E-state index >= 15 is 0 Å². The first kappa shape index (κ1) is 31.7. The molecule has 0 N–H and O–H groups in total. The molecule has 0 rings (SSSR count). The molecule has 0 aliphatic rings. The predicted molar refractivity (Wildman–Crippen MR) is 150 cm³/mol. The van der Waals surface area contributed by atoms with Crippen LogP contribution < -0.4 is 0 Å². The minimum Gasteiger partial charge on any atom is -0.0885 e. The number of hydrogen-bond acceptors (Lipinski definition) is 0. The van der Waals surface area contributed by atoms with Crippen LogP contribution in [0.15, 0.2) is 12.2 Å². The Morgan fingerprint density at radius 3 is 0.750 bits per heavy atom. The number of unbranched alkanes of at least 4 members (excludes halogenated alkanes) is 26. The quantitative estimate of drug-likeness (QED) is 0.0824. The molecule has 0 saturated carbocycles. The van der Waals surface area contributed by atoms with Gasteiger partial charge in [0.05, 0.1) is 0 Å². The molecule has 0 aromatic heterocycles. The Balaban J connectivity index is 3.02. The Kier molecular flexibility index (Phi) is 30.5. The Labute approximate surface area is 205 Å². The maximum absolute atomic E-state index is 2.41. The SMILES string of the molecule is CCCCC=CCCCCCCCCCCCCCCCCCCCCCCCCCC. The van der Waals surface area contributed by atoms with Gasteiger partial charge in [0.2, 0.25) is 0 Å². The van der Waals surface area contributed by atoms with Gasteiger partial charge in [0.1, 0.15) is 0 Å². The molecule has 0 amide bonds. The van der Waals surface area contributed by atoms with Crippen LogP contribution in [-0.4, -0.2) is 0 Å². The topological polar surface area (TPSA) is 0 Å². The van der Waals surface area contributed by atoms with Crippen LogP contribution in [0.1, 0.15) is 194 Å². The summed E-state index contributed by atoms with van der Waals surface area (Å²) < 4.78 is 0. The van der Waals surface area contributed by atoms with Crippen molar-refractivity contribution in [2.75, 3.05) is 0 Å². The zero-order valence-corrected chi connectivity index (χ0v) is 23.0. The van der Waals surface area contributed by atoms with Crippen LogP contribution in [-0.2, 0) is 0 Å². The summed E-state index contributed by atoms with van der Waals surface area (Å²) in [4.78, 5) is 0. The maximum atomic E-state index is 2.41. The first-order valence-corrected chi connectivity index (χ1v) is 15.6. The summed E-state index contributed by atoms with van der Waals surface area (Å²) in [6.07, 6.45) is 45.4. The van der Waals surface area contributed by atoms with Crippen LogP contribution in [0, 0.1) is 0 Å².